The van der Waals surface area contributed by atoms with E-state index >= 15 is 0 Å². The first kappa shape index (κ1) is 15.8. The standard InChI is InChI=1S/C17H21ClN2O/c1-12(2)9-19-10-14-8-17(20-11-16(14)18)21-15-6-4-13(3)5-7-15/h4-8,11-12,19H,9-10H2,1-3H3. The van der Waals surface area contributed by atoms with E-state index in [2.05, 4.69) is 24.1 Å². The molecular weight excluding hydrogens is 284 g/mol. The zero-order valence-corrected chi connectivity index (χ0v) is 13.4. The molecule has 0 unspecified atom stereocenters. The van der Waals surface area contributed by atoms with Gasteiger partial charge in [-0.2, -0.15) is 0 Å². The third kappa shape index (κ3) is 5.03. The third-order valence-electron chi connectivity index (χ3n) is 3.02. The van der Waals surface area contributed by atoms with Crippen LogP contribution in [0.1, 0.15) is 25.0 Å². The summed E-state index contributed by atoms with van der Waals surface area (Å²) in [6, 6.07) is 9.77. The minimum absolute atomic E-state index is 0.560. The van der Waals surface area contributed by atoms with Crippen molar-refractivity contribution < 1.29 is 4.74 Å². The van der Waals surface area contributed by atoms with Gasteiger partial charge in [0.1, 0.15) is 5.75 Å². The topological polar surface area (TPSA) is 34.1 Å². The number of nitrogens with zero attached hydrogens (tertiary/aromatic N) is 1. The summed E-state index contributed by atoms with van der Waals surface area (Å²) < 4.78 is 5.76. The quantitative estimate of drug-likeness (QED) is 0.848. The van der Waals surface area contributed by atoms with Crippen LogP contribution in [0.3, 0.4) is 0 Å². The Hall–Kier alpha value is -1.58. The summed E-state index contributed by atoms with van der Waals surface area (Å²) in [7, 11) is 0. The first-order chi connectivity index (χ1) is 10.0. The highest BCUT2D eigenvalue weighted by Gasteiger charge is 2.06. The van der Waals surface area contributed by atoms with Crippen molar-refractivity contribution in [3.63, 3.8) is 0 Å². The summed E-state index contributed by atoms with van der Waals surface area (Å²) >= 11 is 6.18. The first-order valence-electron chi connectivity index (χ1n) is 7.14. The fourth-order valence-corrected chi connectivity index (χ4v) is 2.04. The van der Waals surface area contributed by atoms with E-state index in [1.165, 1.54) is 5.56 Å². The van der Waals surface area contributed by atoms with E-state index in [0.717, 1.165) is 17.9 Å². The van der Waals surface area contributed by atoms with E-state index in [-0.39, 0.29) is 0 Å². The van der Waals surface area contributed by atoms with Gasteiger partial charge in [0, 0.05) is 18.8 Å². The van der Waals surface area contributed by atoms with Gasteiger partial charge >= 0.3 is 0 Å². The number of hydrogen-bond donors (Lipinski definition) is 1. The molecule has 0 saturated heterocycles. The van der Waals surface area contributed by atoms with Crippen molar-refractivity contribution in [2.45, 2.75) is 27.3 Å². The summed E-state index contributed by atoms with van der Waals surface area (Å²) in [5.41, 5.74) is 2.19. The second kappa shape index (κ2) is 7.43. The lowest BCUT2D eigenvalue weighted by atomic mass is 10.2. The maximum absolute atomic E-state index is 6.18. The molecule has 0 atom stereocenters. The molecule has 1 aromatic heterocycles. The van der Waals surface area contributed by atoms with Crippen molar-refractivity contribution in [3.05, 3.63) is 52.7 Å². The molecule has 4 heteroatoms. The van der Waals surface area contributed by atoms with Gasteiger partial charge in [-0.15, -0.1) is 0 Å². The van der Waals surface area contributed by atoms with Crippen LogP contribution in [0.25, 0.3) is 0 Å². The van der Waals surface area contributed by atoms with Gasteiger partial charge in [-0.3, -0.25) is 0 Å². The minimum Gasteiger partial charge on any atom is -0.439 e. The van der Waals surface area contributed by atoms with Gasteiger partial charge < -0.3 is 10.1 Å². The van der Waals surface area contributed by atoms with Crippen molar-refractivity contribution in [1.82, 2.24) is 10.3 Å². The van der Waals surface area contributed by atoms with Crippen LogP contribution in [0.2, 0.25) is 5.02 Å². The molecule has 21 heavy (non-hydrogen) atoms. The van der Waals surface area contributed by atoms with Gasteiger partial charge in [0.15, 0.2) is 0 Å². The van der Waals surface area contributed by atoms with Gasteiger partial charge in [0.2, 0.25) is 5.88 Å². The largest absolute Gasteiger partial charge is 0.439 e. The highest BCUT2D eigenvalue weighted by molar-refractivity contribution is 6.31. The van der Waals surface area contributed by atoms with Crippen molar-refractivity contribution in [1.29, 1.82) is 0 Å². The summed E-state index contributed by atoms with van der Waals surface area (Å²) in [5, 5.41) is 4.03. The molecule has 0 aliphatic carbocycles. The van der Waals surface area contributed by atoms with Crippen molar-refractivity contribution in [2.24, 2.45) is 5.92 Å². The Kier molecular flexibility index (Phi) is 5.59. The number of hydrogen-bond acceptors (Lipinski definition) is 3. The Labute approximate surface area is 131 Å². The summed E-state index contributed by atoms with van der Waals surface area (Å²) in [6.07, 6.45) is 1.64. The number of aryl methyl sites for hydroxylation is 1. The van der Waals surface area contributed by atoms with E-state index in [9.17, 15) is 0 Å². The molecule has 2 rings (SSSR count). The molecule has 1 N–H and O–H groups in total. The number of ether oxygens (including phenoxy) is 1. The summed E-state index contributed by atoms with van der Waals surface area (Å²) in [5.74, 6) is 1.94. The molecule has 0 aliphatic heterocycles. The number of pyridine rings is 1. The Balaban J connectivity index is 2.05. The number of halogens is 1. The third-order valence-corrected chi connectivity index (χ3v) is 3.36. The predicted molar refractivity (Wildman–Crippen MR) is 87.0 cm³/mol. The maximum Gasteiger partial charge on any atom is 0.219 e. The Bertz CT molecular complexity index is 582. The minimum atomic E-state index is 0.560. The number of nitrogens with one attached hydrogen (secondary N) is 1. The molecule has 112 valence electrons. The average molecular weight is 305 g/mol. The molecule has 3 nitrogen and oxygen atoms in total. The lowest BCUT2D eigenvalue weighted by molar-refractivity contribution is 0.461. The molecule has 0 aliphatic rings. The van der Waals surface area contributed by atoms with E-state index in [1.807, 2.05) is 37.3 Å². The molecular formula is C17H21ClN2O. The molecule has 0 bridgehead atoms. The van der Waals surface area contributed by atoms with Crippen LogP contribution in [-0.4, -0.2) is 11.5 Å². The predicted octanol–water partition coefficient (Wildman–Crippen LogP) is 4.58. The zero-order valence-electron chi connectivity index (χ0n) is 12.7. The Morgan fingerprint density at radius 3 is 2.62 bits per heavy atom. The van der Waals surface area contributed by atoms with Crippen LogP contribution in [0.4, 0.5) is 0 Å². The molecule has 0 saturated carbocycles. The van der Waals surface area contributed by atoms with Crippen LogP contribution in [0.15, 0.2) is 36.5 Å². The summed E-state index contributed by atoms with van der Waals surface area (Å²) in [4.78, 5) is 4.22. The van der Waals surface area contributed by atoms with E-state index in [4.69, 9.17) is 16.3 Å². The second-order valence-electron chi connectivity index (χ2n) is 5.55. The number of aromatic nitrogens is 1. The van der Waals surface area contributed by atoms with Crippen LogP contribution in [0.5, 0.6) is 11.6 Å². The smallest absolute Gasteiger partial charge is 0.219 e. The van der Waals surface area contributed by atoms with Gasteiger partial charge in [-0.05, 0) is 37.1 Å². The van der Waals surface area contributed by atoms with Crippen molar-refractivity contribution in [3.8, 4) is 11.6 Å². The molecule has 2 aromatic rings. The fraction of sp³-hybridized carbons (Fsp3) is 0.353. The molecule has 0 radical (unpaired) electrons. The number of rotatable bonds is 6. The molecule has 0 spiro atoms. The average Bonchev–Trinajstić information content (AvgIpc) is 2.44. The van der Waals surface area contributed by atoms with E-state index < -0.39 is 0 Å². The molecule has 1 aromatic carbocycles. The maximum atomic E-state index is 6.18. The van der Waals surface area contributed by atoms with Crippen LogP contribution >= 0.6 is 11.6 Å². The lowest BCUT2D eigenvalue weighted by Crippen LogP contribution is -2.19. The van der Waals surface area contributed by atoms with E-state index in [1.54, 1.807) is 6.20 Å². The van der Waals surface area contributed by atoms with Crippen LogP contribution in [-0.2, 0) is 6.54 Å². The van der Waals surface area contributed by atoms with E-state index in [0.29, 0.717) is 23.4 Å². The van der Waals surface area contributed by atoms with Gasteiger partial charge in [0.25, 0.3) is 0 Å². The van der Waals surface area contributed by atoms with Gasteiger partial charge in [-0.25, -0.2) is 4.98 Å². The molecule has 0 fully saturated rings. The Morgan fingerprint density at radius 2 is 1.95 bits per heavy atom. The van der Waals surface area contributed by atoms with Crippen LogP contribution < -0.4 is 10.1 Å². The Morgan fingerprint density at radius 1 is 1.24 bits per heavy atom. The highest BCUT2D eigenvalue weighted by atomic mass is 35.5. The lowest BCUT2D eigenvalue weighted by Gasteiger charge is -2.11. The monoisotopic (exact) mass is 304 g/mol. The first-order valence-corrected chi connectivity index (χ1v) is 7.52. The number of benzene rings is 1. The second-order valence-corrected chi connectivity index (χ2v) is 5.96. The fourth-order valence-electron chi connectivity index (χ4n) is 1.87. The summed E-state index contributed by atoms with van der Waals surface area (Å²) in [6.45, 7) is 8.06. The van der Waals surface area contributed by atoms with Gasteiger partial charge in [0.05, 0.1) is 5.02 Å². The molecule has 1 heterocycles. The normalized spacial score (nSPS) is 10.9. The van der Waals surface area contributed by atoms with Crippen molar-refractivity contribution >= 4 is 11.6 Å². The zero-order chi connectivity index (χ0) is 15.2. The van der Waals surface area contributed by atoms with Crippen molar-refractivity contribution in [2.75, 3.05) is 6.54 Å². The highest BCUT2D eigenvalue weighted by Crippen LogP contribution is 2.24. The molecule has 0 amide bonds. The van der Waals surface area contributed by atoms with Gasteiger partial charge in [-0.1, -0.05) is 43.1 Å². The SMILES string of the molecule is Cc1ccc(Oc2cc(CNCC(C)C)c(Cl)cn2)cc1. The van der Waals surface area contributed by atoms with Crippen LogP contribution in [0, 0.1) is 12.8 Å².